The summed E-state index contributed by atoms with van der Waals surface area (Å²) in [6.45, 7) is 5.06. The van der Waals surface area contributed by atoms with Crippen molar-refractivity contribution in [3.8, 4) is 5.75 Å². The van der Waals surface area contributed by atoms with Crippen LogP contribution in [0.5, 0.6) is 5.75 Å². The van der Waals surface area contributed by atoms with Gasteiger partial charge in [-0.3, -0.25) is 4.79 Å². The summed E-state index contributed by atoms with van der Waals surface area (Å²) in [5, 5.41) is 5.94. The van der Waals surface area contributed by atoms with Crippen molar-refractivity contribution >= 4 is 23.3 Å². The van der Waals surface area contributed by atoms with Gasteiger partial charge in [0, 0.05) is 18.7 Å². The minimum absolute atomic E-state index is 0.180. The number of para-hydroxylation sites is 1. The molecule has 0 saturated carbocycles. The third-order valence-corrected chi connectivity index (χ3v) is 3.54. The summed E-state index contributed by atoms with van der Waals surface area (Å²) in [6.07, 6.45) is 0.268. The highest BCUT2D eigenvalue weighted by atomic mass is 16.5. The van der Waals surface area contributed by atoms with Gasteiger partial charge in [-0.15, -0.1) is 0 Å². The van der Waals surface area contributed by atoms with Crippen molar-refractivity contribution < 1.29 is 19.1 Å². The molecule has 2 N–H and O–H groups in total. The van der Waals surface area contributed by atoms with E-state index in [4.69, 9.17) is 9.47 Å². The Bertz CT molecular complexity index is 729. The van der Waals surface area contributed by atoms with Gasteiger partial charge in [-0.2, -0.15) is 0 Å². The molecule has 0 aliphatic rings. The highest BCUT2D eigenvalue weighted by molar-refractivity contribution is 6.01. The smallest absolute Gasteiger partial charge is 0.340 e. The number of carbonyl (C=O) groups is 2. The van der Waals surface area contributed by atoms with Crippen molar-refractivity contribution in [2.75, 3.05) is 30.4 Å². The number of carbonyl (C=O) groups excluding carboxylic acids is 2. The summed E-state index contributed by atoms with van der Waals surface area (Å²) >= 11 is 0. The molecule has 0 saturated heterocycles. The van der Waals surface area contributed by atoms with E-state index in [0.29, 0.717) is 24.4 Å². The zero-order chi connectivity index (χ0) is 18.8. The van der Waals surface area contributed by atoms with E-state index in [2.05, 4.69) is 10.6 Å². The molecule has 0 aliphatic heterocycles. The van der Waals surface area contributed by atoms with Gasteiger partial charge in [0.15, 0.2) is 0 Å². The molecule has 2 aromatic carbocycles. The molecule has 0 heterocycles. The molecular weight excluding hydrogens is 332 g/mol. The monoisotopic (exact) mass is 356 g/mol. The number of benzene rings is 2. The maximum Gasteiger partial charge on any atom is 0.340 e. The van der Waals surface area contributed by atoms with Gasteiger partial charge in [0.05, 0.1) is 24.5 Å². The molecular formula is C20H24N2O4. The van der Waals surface area contributed by atoms with Gasteiger partial charge in [0.1, 0.15) is 5.75 Å². The third kappa shape index (κ3) is 5.81. The summed E-state index contributed by atoms with van der Waals surface area (Å²) in [5.74, 6) is 0.183. The Hall–Kier alpha value is -3.02. The first-order valence-corrected chi connectivity index (χ1v) is 8.66. The van der Waals surface area contributed by atoms with E-state index in [-0.39, 0.29) is 18.9 Å². The highest BCUT2D eigenvalue weighted by Crippen LogP contribution is 2.17. The molecule has 1 amide bonds. The maximum atomic E-state index is 12.2. The zero-order valence-electron chi connectivity index (χ0n) is 15.1. The molecule has 0 aromatic heterocycles. The molecule has 0 bridgehead atoms. The number of hydrogen-bond acceptors (Lipinski definition) is 5. The first-order valence-electron chi connectivity index (χ1n) is 8.66. The molecule has 26 heavy (non-hydrogen) atoms. The fourth-order valence-electron chi connectivity index (χ4n) is 2.35. The summed E-state index contributed by atoms with van der Waals surface area (Å²) in [5.41, 5.74) is 1.72. The number of anilines is 2. The largest absolute Gasteiger partial charge is 0.494 e. The summed E-state index contributed by atoms with van der Waals surface area (Å²) in [7, 11) is 0. The first kappa shape index (κ1) is 19.3. The van der Waals surface area contributed by atoms with Gasteiger partial charge in [-0.1, -0.05) is 12.1 Å². The lowest BCUT2D eigenvalue weighted by Gasteiger charge is -2.11. The van der Waals surface area contributed by atoms with E-state index in [1.807, 2.05) is 31.2 Å². The van der Waals surface area contributed by atoms with Crippen LogP contribution in [0.15, 0.2) is 48.5 Å². The predicted molar refractivity (Wildman–Crippen MR) is 102 cm³/mol. The number of amides is 1. The SMILES string of the molecule is CCOC(=O)c1ccccc1NC(=O)CCNc1ccc(OCC)cc1. The van der Waals surface area contributed by atoms with Crippen molar-refractivity contribution in [2.24, 2.45) is 0 Å². The highest BCUT2D eigenvalue weighted by Gasteiger charge is 2.13. The Morgan fingerprint density at radius 3 is 2.38 bits per heavy atom. The summed E-state index contributed by atoms with van der Waals surface area (Å²) in [4.78, 5) is 24.1. The fraction of sp³-hybridized carbons (Fsp3) is 0.300. The Morgan fingerprint density at radius 2 is 1.69 bits per heavy atom. The van der Waals surface area contributed by atoms with E-state index in [1.165, 1.54) is 0 Å². The molecule has 2 rings (SSSR count). The molecule has 0 radical (unpaired) electrons. The molecule has 0 aliphatic carbocycles. The van der Waals surface area contributed by atoms with E-state index < -0.39 is 5.97 Å². The quantitative estimate of drug-likeness (QED) is 0.670. The molecule has 138 valence electrons. The topological polar surface area (TPSA) is 76.7 Å². The first-order chi connectivity index (χ1) is 12.6. The Kier molecular flexibility index (Phi) is 7.49. The van der Waals surface area contributed by atoms with Gasteiger partial charge in [-0.25, -0.2) is 4.79 Å². The lowest BCUT2D eigenvalue weighted by molar-refractivity contribution is -0.115. The summed E-state index contributed by atoms with van der Waals surface area (Å²) in [6, 6.07) is 14.4. The van der Waals surface area contributed by atoms with Crippen LogP contribution in [0, 0.1) is 0 Å². The molecule has 0 spiro atoms. The molecule has 0 atom stereocenters. The van der Waals surface area contributed by atoms with Crippen molar-refractivity contribution in [2.45, 2.75) is 20.3 Å². The predicted octanol–water partition coefficient (Wildman–Crippen LogP) is 3.70. The summed E-state index contributed by atoms with van der Waals surface area (Å²) < 4.78 is 10.4. The van der Waals surface area contributed by atoms with Crippen molar-refractivity contribution in [3.05, 3.63) is 54.1 Å². The standard InChI is InChI=1S/C20H24N2O4/c1-3-25-16-11-9-15(10-12-16)21-14-13-19(23)22-18-8-6-5-7-17(18)20(24)26-4-2/h5-12,21H,3-4,13-14H2,1-2H3,(H,22,23). The van der Waals surface area contributed by atoms with E-state index in [0.717, 1.165) is 11.4 Å². The number of nitrogens with one attached hydrogen (secondary N) is 2. The average Bonchev–Trinajstić information content (AvgIpc) is 2.64. The molecule has 2 aromatic rings. The number of esters is 1. The molecule has 0 unspecified atom stereocenters. The van der Waals surface area contributed by atoms with Crippen molar-refractivity contribution in [3.63, 3.8) is 0 Å². The second-order valence-electron chi connectivity index (χ2n) is 5.45. The normalized spacial score (nSPS) is 10.1. The van der Waals surface area contributed by atoms with Crippen LogP contribution >= 0.6 is 0 Å². The Balaban J connectivity index is 1.84. The fourth-order valence-corrected chi connectivity index (χ4v) is 2.35. The van der Waals surface area contributed by atoms with Crippen LogP contribution in [0.25, 0.3) is 0 Å². The van der Waals surface area contributed by atoms with Crippen LogP contribution in [0.3, 0.4) is 0 Å². The van der Waals surface area contributed by atoms with Crippen LogP contribution in [0.4, 0.5) is 11.4 Å². The molecule has 6 heteroatoms. The van der Waals surface area contributed by atoms with Gasteiger partial charge in [0.25, 0.3) is 0 Å². The van der Waals surface area contributed by atoms with Gasteiger partial charge in [0.2, 0.25) is 5.91 Å². The maximum absolute atomic E-state index is 12.2. The Morgan fingerprint density at radius 1 is 0.962 bits per heavy atom. The van der Waals surface area contributed by atoms with Crippen LogP contribution in [0.1, 0.15) is 30.6 Å². The third-order valence-electron chi connectivity index (χ3n) is 3.54. The number of hydrogen-bond donors (Lipinski definition) is 2. The van der Waals surface area contributed by atoms with Gasteiger partial charge in [-0.05, 0) is 50.2 Å². The number of ether oxygens (including phenoxy) is 2. The minimum atomic E-state index is -0.448. The van der Waals surface area contributed by atoms with Crippen molar-refractivity contribution in [1.82, 2.24) is 0 Å². The van der Waals surface area contributed by atoms with Crippen LogP contribution in [0.2, 0.25) is 0 Å². The number of rotatable bonds is 9. The zero-order valence-corrected chi connectivity index (χ0v) is 15.1. The molecule has 0 fully saturated rings. The second kappa shape index (κ2) is 10.1. The van der Waals surface area contributed by atoms with Crippen LogP contribution < -0.4 is 15.4 Å². The van der Waals surface area contributed by atoms with Crippen LogP contribution in [-0.4, -0.2) is 31.6 Å². The van der Waals surface area contributed by atoms with E-state index in [9.17, 15) is 9.59 Å². The van der Waals surface area contributed by atoms with Crippen molar-refractivity contribution in [1.29, 1.82) is 0 Å². The second-order valence-corrected chi connectivity index (χ2v) is 5.45. The van der Waals surface area contributed by atoms with Gasteiger partial charge >= 0.3 is 5.97 Å². The average molecular weight is 356 g/mol. The van der Waals surface area contributed by atoms with E-state index >= 15 is 0 Å². The minimum Gasteiger partial charge on any atom is -0.494 e. The van der Waals surface area contributed by atoms with Gasteiger partial charge < -0.3 is 20.1 Å². The lowest BCUT2D eigenvalue weighted by atomic mass is 10.1. The lowest BCUT2D eigenvalue weighted by Crippen LogP contribution is -2.18. The molecule has 6 nitrogen and oxygen atoms in total. The Labute approximate surface area is 153 Å². The van der Waals surface area contributed by atoms with E-state index in [1.54, 1.807) is 31.2 Å². The van der Waals surface area contributed by atoms with Crippen LogP contribution in [-0.2, 0) is 9.53 Å².